The number of hydrogen-bond donors (Lipinski definition) is 1. The van der Waals surface area contributed by atoms with E-state index < -0.39 is 5.54 Å². The van der Waals surface area contributed by atoms with Crippen LogP contribution in [0.4, 0.5) is 0 Å². The molecule has 0 aliphatic heterocycles. The minimum absolute atomic E-state index is 0.412. The van der Waals surface area contributed by atoms with Gasteiger partial charge < -0.3 is 4.74 Å². The average Bonchev–Trinajstić information content (AvgIpc) is 2.41. The summed E-state index contributed by atoms with van der Waals surface area (Å²) in [6.07, 6.45) is 2.81. The van der Waals surface area contributed by atoms with Crippen molar-refractivity contribution in [3.63, 3.8) is 0 Å². The molecule has 0 fully saturated rings. The van der Waals surface area contributed by atoms with Crippen LogP contribution in [0.5, 0.6) is 5.75 Å². The second kappa shape index (κ2) is 8.05. The molecule has 3 nitrogen and oxygen atoms in total. The molecule has 1 rings (SSSR count). The van der Waals surface area contributed by atoms with Gasteiger partial charge in [-0.1, -0.05) is 24.6 Å². The third-order valence-corrected chi connectivity index (χ3v) is 3.74. The molecular formula is C18H28N2O. The van der Waals surface area contributed by atoms with Gasteiger partial charge in [0.25, 0.3) is 0 Å². The van der Waals surface area contributed by atoms with Crippen molar-refractivity contribution in [3.05, 3.63) is 28.8 Å². The summed E-state index contributed by atoms with van der Waals surface area (Å²) in [6.45, 7) is 11.8. The molecular weight excluding hydrogens is 260 g/mol. The smallest absolute Gasteiger partial charge is 0.125 e. The molecule has 0 aromatic heterocycles. The molecule has 0 saturated heterocycles. The van der Waals surface area contributed by atoms with Crippen molar-refractivity contribution in [1.29, 1.82) is 5.26 Å². The Labute approximate surface area is 129 Å². The van der Waals surface area contributed by atoms with E-state index in [2.05, 4.69) is 44.3 Å². The molecule has 0 amide bonds. The molecule has 3 heteroatoms. The van der Waals surface area contributed by atoms with Crippen molar-refractivity contribution in [2.45, 2.75) is 59.4 Å². The molecule has 0 aliphatic carbocycles. The van der Waals surface area contributed by atoms with Crippen molar-refractivity contribution in [3.8, 4) is 11.8 Å². The van der Waals surface area contributed by atoms with Crippen LogP contribution in [0.25, 0.3) is 0 Å². The first-order valence-corrected chi connectivity index (χ1v) is 7.79. The van der Waals surface area contributed by atoms with Crippen LogP contribution in [0.1, 0.15) is 49.8 Å². The topological polar surface area (TPSA) is 45.0 Å². The maximum Gasteiger partial charge on any atom is 0.125 e. The number of nitrogens with one attached hydrogen (secondary N) is 1. The normalized spacial score (nSPS) is 13.5. The van der Waals surface area contributed by atoms with Crippen molar-refractivity contribution >= 4 is 0 Å². The van der Waals surface area contributed by atoms with Gasteiger partial charge >= 0.3 is 0 Å². The monoisotopic (exact) mass is 288 g/mol. The lowest BCUT2D eigenvalue weighted by molar-refractivity contribution is 0.292. The van der Waals surface area contributed by atoms with E-state index in [1.165, 1.54) is 16.7 Å². The van der Waals surface area contributed by atoms with Crippen LogP contribution in [-0.4, -0.2) is 18.7 Å². The highest BCUT2D eigenvalue weighted by atomic mass is 16.5. The Hall–Kier alpha value is -1.53. The second-order valence-electron chi connectivity index (χ2n) is 6.01. The van der Waals surface area contributed by atoms with Crippen LogP contribution in [-0.2, 0) is 0 Å². The fraction of sp³-hybridized carbons (Fsp3) is 0.611. The summed E-state index contributed by atoms with van der Waals surface area (Å²) in [6, 6.07) is 6.67. The molecule has 1 unspecified atom stereocenters. The zero-order valence-corrected chi connectivity index (χ0v) is 14.0. The number of rotatable bonds is 8. The van der Waals surface area contributed by atoms with Crippen LogP contribution >= 0.6 is 0 Å². The first-order chi connectivity index (χ1) is 9.91. The molecule has 116 valence electrons. The SMILES string of the molecule is CCNC(C)(C#N)CCCCOc1c(C)cc(C)cc1C. The van der Waals surface area contributed by atoms with Crippen LogP contribution in [0, 0.1) is 32.1 Å². The predicted octanol–water partition coefficient (Wildman–Crippen LogP) is 4.05. The van der Waals surface area contributed by atoms with Gasteiger partial charge in [-0.25, -0.2) is 0 Å². The van der Waals surface area contributed by atoms with E-state index in [1.807, 2.05) is 13.8 Å². The van der Waals surface area contributed by atoms with Gasteiger partial charge in [0.1, 0.15) is 11.3 Å². The van der Waals surface area contributed by atoms with E-state index in [4.69, 9.17) is 4.74 Å². The van der Waals surface area contributed by atoms with Gasteiger partial charge in [-0.05, 0) is 64.6 Å². The zero-order chi connectivity index (χ0) is 15.9. The molecule has 0 saturated carbocycles. The standard InChI is InChI=1S/C18H28N2O/c1-6-20-18(5,13-19)9-7-8-10-21-17-15(3)11-14(2)12-16(17)4/h11-12,20H,6-10H2,1-5H3. The molecule has 21 heavy (non-hydrogen) atoms. The van der Waals surface area contributed by atoms with E-state index >= 15 is 0 Å². The van der Waals surface area contributed by atoms with Gasteiger partial charge in [0.15, 0.2) is 0 Å². The summed E-state index contributed by atoms with van der Waals surface area (Å²) < 4.78 is 5.93. The molecule has 1 aromatic carbocycles. The molecule has 0 aliphatic rings. The Morgan fingerprint density at radius 3 is 2.33 bits per heavy atom. The van der Waals surface area contributed by atoms with Crippen LogP contribution in [0.2, 0.25) is 0 Å². The Bertz CT molecular complexity index is 481. The third-order valence-electron chi connectivity index (χ3n) is 3.74. The maximum absolute atomic E-state index is 9.21. The summed E-state index contributed by atoms with van der Waals surface area (Å²) >= 11 is 0. The molecule has 1 aromatic rings. The van der Waals surface area contributed by atoms with Gasteiger partial charge in [0.2, 0.25) is 0 Å². The van der Waals surface area contributed by atoms with Gasteiger partial charge in [0, 0.05) is 0 Å². The number of benzene rings is 1. The zero-order valence-electron chi connectivity index (χ0n) is 14.0. The number of ether oxygens (including phenoxy) is 1. The van der Waals surface area contributed by atoms with Crippen LogP contribution in [0.3, 0.4) is 0 Å². The summed E-state index contributed by atoms with van der Waals surface area (Å²) in [7, 11) is 0. The minimum atomic E-state index is -0.412. The van der Waals surface area contributed by atoms with Gasteiger partial charge in [-0.3, -0.25) is 5.32 Å². The van der Waals surface area contributed by atoms with Gasteiger partial charge in [-0.2, -0.15) is 5.26 Å². The summed E-state index contributed by atoms with van der Waals surface area (Å²) in [5.74, 6) is 1.01. The Morgan fingerprint density at radius 2 is 1.81 bits per heavy atom. The first-order valence-electron chi connectivity index (χ1n) is 7.79. The van der Waals surface area contributed by atoms with Crippen LogP contribution < -0.4 is 10.1 Å². The lowest BCUT2D eigenvalue weighted by Crippen LogP contribution is -2.40. The molecule has 0 radical (unpaired) electrons. The Morgan fingerprint density at radius 1 is 1.19 bits per heavy atom. The van der Waals surface area contributed by atoms with E-state index in [1.54, 1.807) is 0 Å². The average molecular weight is 288 g/mol. The highest BCUT2D eigenvalue weighted by Gasteiger charge is 2.21. The molecule has 0 heterocycles. The molecule has 0 bridgehead atoms. The molecule has 0 spiro atoms. The lowest BCUT2D eigenvalue weighted by atomic mass is 9.97. The highest BCUT2D eigenvalue weighted by Crippen LogP contribution is 2.25. The third kappa shape index (κ3) is 5.40. The number of nitriles is 1. The van der Waals surface area contributed by atoms with Crippen LogP contribution in [0.15, 0.2) is 12.1 Å². The van der Waals surface area contributed by atoms with E-state index in [0.29, 0.717) is 6.61 Å². The number of nitrogens with zero attached hydrogens (tertiary/aromatic N) is 1. The van der Waals surface area contributed by atoms with Crippen molar-refractivity contribution in [2.24, 2.45) is 0 Å². The van der Waals surface area contributed by atoms with Crippen molar-refractivity contribution < 1.29 is 4.74 Å². The quantitative estimate of drug-likeness (QED) is 0.734. The van der Waals surface area contributed by atoms with Crippen molar-refractivity contribution in [1.82, 2.24) is 5.32 Å². The number of hydrogen-bond acceptors (Lipinski definition) is 3. The summed E-state index contributed by atoms with van der Waals surface area (Å²) in [5.41, 5.74) is 3.25. The number of unbranched alkanes of at least 4 members (excludes halogenated alkanes) is 1. The fourth-order valence-corrected chi connectivity index (χ4v) is 2.72. The fourth-order valence-electron chi connectivity index (χ4n) is 2.72. The van der Waals surface area contributed by atoms with E-state index in [9.17, 15) is 5.26 Å². The molecule has 1 N–H and O–H groups in total. The Balaban J connectivity index is 2.40. The van der Waals surface area contributed by atoms with Gasteiger partial charge in [0.05, 0.1) is 12.7 Å². The van der Waals surface area contributed by atoms with Gasteiger partial charge in [-0.15, -0.1) is 0 Å². The number of aryl methyl sites for hydroxylation is 3. The summed E-state index contributed by atoms with van der Waals surface area (Å²) in [5, 5.41) is 12.4. The summed E-state index contributed by atoms with van der Waals surface area (Å²) in [4.78, 5) is 0. The maximum atomic E-state index is 9.21. The largest absolute Gasteiger partial charge is 0.493 e. The highest BCUT2D eigenvalue weighted by molar-refractivity contribution is 5.42. The predicted molar refractivity (Wildman–Crippen MR) is 87.7 cm³/mol. The minimum Gasteiger partial charge on any atom is -0.493 e. The first kappa shape index (κ1) is 17.5. The van der Waals surface area contributed by atoms with Crippen molar-refractivity contribution in [2.75, 3.05) is 13.2 Å². The Kier molecular flexibility index (Phi) is 6.71. The lowest BCUT2D eigenvalue weighted by Gasteiger charge is -2.22. The second-order valence-corrected chi connectivity index (χ2v) is 6.01. The van der Waals surface area contributed by atoms with E-state index in [0.717, 1.165) is 31.6 Å². The van der Waals surface area contributed by atoms with E-state index in [-0.39, 0.29) is 0 Å². The molecule has 1 atom stereocenters.